The van der Waals surface area contributed by atoms with Gasteiger partial charge in [-0.2, -0.15) is 0 Å². The van der Waals surface area contributed by atoms with Gasteiger partial charge in [-0.1, -0.05) is 36.4 Å². The molecule has 0 radical (unpaired) electrons. The van der Waals surface area contributed by atoms with Crippen LogP contribution in [-0.2, 0) is 22.6 Å². The summed E-state index contributed by atoms with van der Waals surface area (Å²) in [5, 5.41) is 14.5. The van der Waals surface area contributed by atoms with Crippen LogP contribution >= 0.6 is 0 Å². The zero-order chi connectivity index (χ0) is 22.2. The summed E-state index contributed by atoms with van der Waals surface area (Å²) in [6.07, 6.45) is 0.775. The lowest BCUT2D eigenvalue weighted by Gasteiger charge is -2.19. The van der Waals surface area contributed by atoms with Crippen LogP contribution < -0.4 is 15.4 Å². The number of hydrogen-bond donors (Lipinski definition) is 3. The molecule has 0 unspecified atom stereocenters. The number of likely N-dealkylation sites (N-methyl/N-ethyl adjacent to an activating group) is 1. The first-order chi connectivity index (χ1) is 15.0. The molecule has 0 bridgehead atoms. The number of aliphatic hydroxyl groups is 1. The van der Waals surface area contributed by atoms with Gasteiger partial charge < -0.3 is 25.4 Å². The van der Waals surface area contributed by atoms with Crippen LogP contribution in [0, 0.1) is 5.92 Å². The van der Waals surface area contributed by atoms with Gasteiger partial charge in [0.05, 0.1) is 13.0 Å². The smallest absolute Gasteiger partial charge is 0.245 e. The van der Waals surface area contributed by atoms with Crippen LogP contribution in [0.5, 0.6) is 5.75 Å². The molecule has 0 aromatic heterocycles. The summed E-state index contributed by atoms with van der Waals surface area (Å²) in [6.45, 7) is 2.02. The summed E-state index contributed by atoms with van der Waals surface area (Å²) in [7, 11) is 3.68. The third-order valence-electron chi connectivity index (χ3n) is 5.75. The van der Waals surface area contributed by atoms with Crippen molar-refractivity contribution in [1.29, 1.82) is 0 Å². The molecule has 3 rings (SSSR count). The molecule has 1 heterocycles. The zero-order valence-corrected chi connectivity index (χ0v) is 18.1. The van der Waals surface area contributed by atoms with Crippen LogP contribution in [0.25, 0.3) is 0 Å². The number of aliphatic hydroxyl groups excluding tert-OH is 1. The van der Waals surface area contributed by atoms with E-state index in [-0.39, 0.29) is 17.7 Å². The van der Waals surface area contributed by atoms with Crippen molar-refractivity contribution in [3.8, 4) is 5.75 Å². The quantitative estimate of drug-likeness (QED) is 0.564. The molecule has 2 atom stereocenters. The Morgan fingerprint density at radius 1 is 1.03 bits per heavy atom. The Hall–Kier alpha value is -2.90. The topological polar surface area (TPSA) is 90.9 Å². The van der Waals surface area contributed by atoms with E-state index in [1.165, 1.54) is 0 Å². The Bertz CT molecular complexity index is 867. The minimum atomic E-state index is -0.512. The van der Waals surface area contributed by atoms with Gasteiger partial charge in [0, 0.05) is 32.1 Å². The van der Waals surface area contributed by atoms with Crippen LogP contribution in [0.15, 0.2) is 48.5 Å². The molecular formula is C24H31N3O4. The molecule has 2 aromatic rings. The minimum absolute atomic E-state index is 0.0853. The second kappa shape index (κ2) is 10.9. The van der Waals surface area contributed by atoms with Gasteiger partial charge in [0.1, 0.15) is 12.4 Å². The van der Waals surface area contributed by atoms with Crippen LogP contribution in [0.1, 0.15) is 22.6 Å². The highest BCUT2D eigenvalue weighted by molar-refractivity contribution is 5.80. The van der Waals surface area contributed by atoms with E-state index < -0.39 is 12.5 Å². The van der Waals surface area contributed by atoms with Crippen molar-refractivity contribution in [2.75, 3.05) is 40.4 Å². The fraction of sp³-hybridized carbons (Fsp3) is 0.417. The molecule has 0 saturated carbocycles. The van der Waals surface area contributed by atoms with E-state index in [1.54, 1.807) is 7.11 Å². The van der Waals surface area contributed by atoms with Crippen molar-refractivity contribution < 1.29 is 19.4 Å². The number of rotatable bonds is 9. The highest BCUT2D eigenvalue weighted by atomic mass is 16.5. The largest absolute Gasteiger partial charge is 0.497 e. The molecule has 7 nitrogen and oxygen atoms in total. The van der Waals surface area contributed by atoms with Gasteiger partial charge in [-0.15, -0.1) is 0 Å². The Labute approximate surface area is 183 Å². The molecule has 166 valence electrons. The predicted molar refractivity (Wildman–Crippen MR) is 119 cm³/mol. The van der Waals surface area contributed by atoms with Crippen molar-refractivity contribution in [3.05, 3.63) is 65.2 Å². The number of nitrogens with one attached hydrogen (secondary N) is 2. The van der Waals surface area contributed by atoms with E-state index in [0.717, 1.165) is 42.0 Å². The lowest BCUT2D eigenvalue weighted by atomic mass is 9.88. The van der Waals surface area contributed by atoms with E-state index in [2.05, 4.69) is 15.5 Å². The number of methoxy groups -OCH3 is 1. The summed E-state index contributed by atoms with van der Waals surface area (Å²) < 4.78 is 5.18. The molecule has 2 aromatic carbocycles. The number of carbonyl (C=O) groups excluding carboxylic acids is 2. The molecule has 1 aliphatic heterocycles. The first kappa shape index (κ1) is 22.8. The van der Waals surface area contributed by atoms with E-state index in [9.17, 15) is 9.59 Å². The molecule has 0 aliphatic carbocycles. The first-order valence-electron chi connectivity index (χ1n) is 10.6. The molecule has 0 spiro atoms. The third-order valence-corrected chi connectivity index (χ3v) is 5.75. The Kier molecular flexibility index (Phi) is 8.03. The van der Waals surface area contributed by atoms with Gasteiger partial charge in [0.25, 0.3) is 0 Å². The maximum Gasteiger partial charge on any atom is 0.245 e. The molecule has 1 fully saturated rings. The number of amides is 2. The molecule has 31 heavy (non-hydrogen) atoms. The van der Waals surface area contributed by atoms with E-state index in [1.807, 2.05) is 55.6 Å². The highest BCUT2D eigenvalue weighted by Gasteiger charge is 2.36. The maximum absolute atomic E-state index is 12.9. The van der Waals surface area contributed by atoms with Gasteiger partial charge in [-0.25, -0.2) is 0 Å². The van der Waals surface area contributed by atoms with E-state index in [4.69, 9.17) is 9.84 Å². The number of likely N-dealkylation sites (tertiary alicyclic amines) is 1. The van der Waals surface area contributed by atoms with Crippen LogP contribution in [0.2, 0.25) is 0 Å². The molecule has 1 saturated heterocycles. The molecular weight excluding hydrogens is 394 g/mol. The van der Waals surface area contributed by atoms with Crippen molar-refractivity contribution in [1.82, 2.24) is 15.5 Å². The lowest BCUT2D eigenvalue weighted by Crippen LogP contribution is -2.35. The summed E-state index contributed by atoms with van der Waals surface area (Å²) >= 11 is 0. The van der Waals surface area contributed by atoms with Gasteiger partial charge in [-0.3, -0.25) is 9.59 Å². The second-order valence-corrected chi connectivity index (χ2v) is 8.00. The van der Waals surface area contributed by atoms with Crippen LogP contribution in [0.4, 0.5) is 0 Å². The minimum Gasteiger partial charge on any atom is -0.497 e. The van der Waals surface area contributed by atoms with Crippen molar-refractivity contribution in [3.63, 3.8) is 0 Å². The summed E-state index contributed by atoms with van der Waals surface area (Å²) in [5.41, 5.74) is 3.24. The lowest BCUT2D eigenvalue weighted by molar-refractivity contribution is -0.125. The standard InChI is InChI=1S/C24H31N3O4/c1-27-14-21(19-7-3-18(4-8-19)13-26-23(29)16-28)22(15-27)24(30)25-12-11-17-5-9-20(31-2)10-6-17/h3-10,21-22,28H,11-16H2,1-2H3,(H,25,30)(H,26,29)/t21-,22-/m1/s1. The second-order valence-electron chi connectivity index (χ2n) is 8.00. The highest BCUT2D eigenvalue weighted by Crippen LogP contribution is 2.32. The fourth-order valence-corrected chi connectivity index (χ4v) is 4.00. The van der Waals surface area contributed by atoms with Crippen molar-refractivity contribution in [2.24, 2.45) is 5.92 Å². The van der Waals surface area contributed by atoms with Gasteiger partial charge in [0.15, 0.2) is 0 Å². The Morgan fingerprint density at radius 2 is 1.71 bits per heavy atom. The normalized spacial score (nSPS) is 18.5. The SMILES string of the molecule is COc1ccc(CCNC(=O)[C@@H]2CN(C)C[C@@H]2c2ccc(CNC(=O)CO)cc2)cc1. The third kappa shape index (κ3) is 6.29. The van der Waals surface area contributed by atoms with Crippen molar-refractivity contribution in [2.45, 2.75) is 18.9 Å². The van der Waals surface area contributed by atoms with Crippen molar-refractivity contribution >= 4 is 11.8 Å². The van der Waals surface area contributed by atoms with Crippen LogP contribution in [-0.4, -0.2) is 62.2 Å². The zero-order valence-electron chi connectivity index (χ0n) is 18.1. The van der Waals surface area contributed by atoms with Gasteiger partial charge >= 0.3 is 0 Å². The Balaban J connectivity index is 1.55. The van der Waals surface area contributed by atoms with Crippen LogP contribution in [0.3, 0.4) is 0 Å². The Morgan fingerprint density at radius 3 is 2.35 bits per heavy atom. The monoisotopic (exact) mass is 425 g/mol. The molecule has 3 N–H and O–H groups in total. The number of benzene rings is 2. The first-order valence-corrected chi connectivity index (χ1v) is 10.6. The summed E-state index contributed by atoms with van der Waals surface area (Å²) in [5.74, 6) is 0.550. The number of carbonyl (C=O) groups is 2. The maximum atomic E-state index is 12.9. The van der Waals surface area contributed by atoms with E-state index in [0.29, 0.717) is 13.1 Å². The van der Waals surface area contributed by atoms with E-state index >= 15 is 0 Å². The number of ether oxygens (including phenoxy) is 1. The average molecular weight is 426 g/mol. The molecule has 2 amide bonds. The van der Waals surface area contributed by atoms with Gasteiger partial charge in [0.2, 0.25) is 11.8 Å². The number of hydrogen-bond acceptors (Lipinski definition) is 5. The fourth-order valence-electron chi connectivity index (χ4n) is 4.00. The average Bonchev–Trinajstić information content (AvgIpc) is 3.20. The number of nitrogens with zero attached hydrogens (tertiary/aromatic N) is 1. The molecule has 1 aliphatic rings. The predicted octanol–water partition coefficient (Wildman–Crippen LogP) is 1.31. The van der Waals surface area contributed by atoms with Gasteiger partial charge in [-0.05, 0) is 42.3 Å². The summed E-state index contributed by atoms with van der Waals surface area (Å²) in [4.78, 5) is 26.3. The summed E-state index contributed by atoms with van der Waals surface area (Å²) in [6, 6.07) is 15.9. The molecule has 7 heteroatoms.